The number of benzene rings is 7. The third-order valence-electron chi connectivity index (χ3n) is 16.4. The molecule has 0 saturated heterocycles. The van der Waals surface area contributed by atoms with Crippen molar-refractivity contribution in [2.24, 2.45) is 0 Å². The first-order valence-electron chi connectivity index (χ1n) is 23.6. The lowest BCUT2D eigenvalue weighted by molar-refractivity contribution is 0.195. The molecule has 2 atom stereocenters. The Morgan fingerprint density at radius 3 is 2.08 bits per heavy atom. The van der Waals surface area contributed by atoms with Gasteiger partial charge in [-0.1, -0.05) is 134 Å². The molecule has 0 radical (unpaired) electrons. The van der Waals surface area contributed by atoms with E-state index >= 15 is 0 Å². The van der Waals surface area contributed by atoms with Gasteiger partial charge in [0.05, 0.1) is 11.2 Å². The van der Waals surface area contributed by atoms with Gasteiger partial charge in [0.25, 0.3) is 0 Å². The molecule has 1 fully saturated rings. The van der Waals surface area contributed by atoms with Crippen molar-refractivity contribution < 1.29 is 8.83 Å². The fraction of sp³-hybridized carbons (Fsp3) is 0.288. The van der Waals surface area contributed by atoms with Crippen molar-refractivity contribution in [2.75, 3.05) is 9.71 Å². The van der Waals surface area contributed by atoms with E-state index in [1.165, 1.54) is 96.2 Å². The van der Waals surface area contributed by atoms with Gasteiger partial charge < -0.3 is 18.5 Å². The number of para-hydroxylation sites is 1. The lowest BCUT2D eigenvalue weighted by Crippen LogP contribution is -2.64. The van der Waals surface area contributed by atoms with Crippen LogP contribution in [0, 0.1) is 6.92 Å². The number of hydrogen-bond donors (Lipinski definition) is 0. The van der Waals surface area contributed by atoms with E-state index in [4.69, 9.17) is 8.83 Å². The Morgan fingerprint density at radius 2 is 1.30 bits per heavy atom. The lowest BCUT2D eigenvalue weighted by atomic mass is 9.43. The second kappa shape index (κ2) is 12.5. The van der Waals surface area contributed by atoms with Crippen LogP contribution in [0.3, 0.4) is 0 Å². The molecule has 0 amide bonds. The first-order valence-corrected chi connectivity index (χ1v) is 23.6. The van der Waals surface area contributed by atoms with E-state index < -0.39 is 0 Å². The predicted molar refractivity (Wildman–Crippen MR) is 270 cm³/mol. The number of hydrogen-bond acceptors (Lipinski definition) is 4. The maximum atomic E-state index is 7.24. The van der Waals surface area contributed by atoms with Crippen LogP contribution in [0.25, 0.3) is 66.1 Å². The second-order valence-electron chi connectivity index (χ2n) is 22.1. The minimum Gasteiger partial charge on any atom is -0.455 e. The van der Waals surface area contributed by atoms with Crippen molar-refractivity contribution in [3.8, 4) is 22.3 Å². The molecule has 0 bridgehead atoms. The standard InChI is InChI=1S/C59H55BN2O2/c1-34-29-36(35-17-11-10-12-18-35)21-24-46(34)62-47-25-23-40-41-30-37(56(2,3)4)22-26-49(41)63-54(40)50(47)43-33-42-39-19-13-14-20-48(39)64-55(42)53-51(43)60(62)45-32-38(57(5,6)7)31-44-52(45)61(53)59(9)28-16-15-27-58(44,59)8/h10-14,17-26,29-33H,15-16,27-28H2,1-9H3. The lowest BCUT2D eigenvalue weighted by Gasteiger charge is -2.53. The highest BCUT2D eigenvalue weighted by Crippen LogP contribution is 2.64. The third kappa shape index (κ3) is 4.86. The van der Waals surface area contributed by atoms with Gasteiger partial charge in [-0.05, 0) is 136 Å². The topological polar surface area (TPSA) is 32.8 Å². The van der Waals surface area contributed by atoms with Gasteiger partial charge in [-0.15, -0.1) is 0 Å². The van der Waals surface area contributed by atoms with Crippen LogP contribution in [0.15, 0.2) is 130 Å². The van der Waals surface area contributed by atoms with Crippen molar-refractivity contribution in [1.82, 2.24) is 0 Å². The van der Waals surface area contributed by atoms with Crippen molar-refractivity contribution >= 4 is 84.4 Å². The molecule has 64 heavy (non-hydrogen) atoms. The summed E-state index contributed by atoms with van der Waals surface area (Å²) in [5.41, 5.74) is 21.5. The van der Waals surface area contributed by atoms with Gasteiger partial charge in [-0.25, -0.2) is 0 Å². The fourth-order valence-electron chi connectivity index (χ4n) is 12.7. The molecule has 2 unspecified atom stereocenters. The predicted octanol–water partition coefficient (Wildman–Crippen LogP) is 15.0. The first kappa shape index (κ1) is 38.3. The zero-order chi connectivity index (χ0) is 43.8. The second-order valence-corrected chi connectivity index (χ2v) is 22.1. The van der Waals surface area contributed by atoms with E-state index in [9.17, 15) is 0 Å². The molecule has 5 heterocycles. The Bertz CT molecular complexity index is 3490. The molecule has 7 aromatic carbocycles. The number of anilines is 4. The van der Waals surface area contributed by atoms with E-state index in [-0.39, 0.29) is 28.6 Å². The summed E-state index contributed by atoms with van der Waals surface area (Å²) in [6, 6.07) is 45.8. The van der Waals surface area contributed by atoms with Crippen LogP contribution in [0.1, 0.15) is 103 Å². The maximum Gasteiger partial charge on any atom is 0.333 e. The monoisotopic (exact) mass is 834 g/mol. The van der Waals surface area contributed by atoms with Crippen LogP contribution >= 0.6 is 0 Å². The van der Waals surface area contributed by atoms with Crippen molar-refractivity contribution in [2.45, 2.75) is 110 Å². The van der Waals surface area contributed by atoms with Crippen LogP contribution in [0.2, 0.25) is 0 Å². The van der Waals surface area contributed by atoms with E-state index in [0.717, 1.165) is 51.5 Å². The normalized spacial score (nSPS) is 20.0. The Kier molecular flexibility index (Phi) is 7.50. The van der Waals surface area contributed by atoms with E-state index in [0.29, 0.717) is 0 Å². The fourth-order valence-corrected chi connectivity index (χ4v) is 12.7. The number of nitrogens with zero attached hydrogens (tertiary/aromatic N) is 2. The SMILES string of the molecule is Cc1cc(-c2ccccc2)ccc1N1B2c3cc(C(C)(C)C)cc4c3N(c3c2c(cc2c3oc3ccccc32)-c2c1ccc1c2oc2ccc(C(C)(C)C)cc21)C1(C)CCCCC41C. The van der Waals surface area contributed by atoms with Crippen LogP contribution in [-0.4, -0.2) is 12.4 Å². The maximum absolute atomic E-state index is 7.24. The largest absolute Gasteiger partial charge is 0.455 e. The molecule has 1 saturated carbocycles. The van der Waals surface area contributed by atoms with Crippen molar-refractivity contribution in [3.05, 3.63) is 144 Å². The van der Waals surface area contributed by atoms with E-state index in [2.05, 4.69) is 193 Å². The zero-order valence-corrected chi connectivity index (χ0v) is 38.7. The van der Waals surface area contributed by atoms with Gasteiger partial charge in [0.2, 0.25) is 0 Å². The molecule has 316 valence electrons. The van der Waals surface area contributed by atoms with Crippen LogP contribution in [-0.2, 0) is 16.2 Å². The smallest absolute Gasteiger partial charge is 0.333 e. The first-order chi connectivity index (χ1) is 30.7. The minimum atomic E-state index is -0.169. The number of furan rings is 2. The highest BCUT2D eigenvalue weighted by molar-refractivity contribution is 6.94. The van der Waals surface area contributed by atoms with Crippen molar-refractivity contribution in [3.63, 3.8) is 0 Å². The summed E-state index contributed by atoms with van der Waals surface area (Å²) in [5, 5.41) is 4.64. The van der Waals surface area contributed by atoms with Gasteiger partial charge in [0.15, 0.2) is 5.58 Å². The van der Waals surface area contributed by atoms with Crippen LogP contribution in [0.4, 0.5) is 22.7 Å². The Hall–Kier alpha value is -6.20. The average molecular weight is 835 g/mol. The molecule has 5 heteroatoms. The van der Waals surface area contributed by atoms with Gasteiger partial charge >= 0.3 is 6.85 Å². The summed E-state index contributed by atoms with van der Waals surface area (Å²) in [6.07, 6.45) is 4.71. The molecule has 4 nitrogen and oxygen atoms in total. The molecule has 0 spiro atoms. The summed E-state index contributed by atoms with van der Waals surface area (Å²) < 4.78 is 14.5. The third-order valence-corrected chi connectivity index (χ3v) is 16.4. The number of fused-ring (bicyclic) bond motifs is 15. The molecular weight excluding hydrogens is 779 g/mol. The zero-order valence-electron chi connectivity index (χ0n) is 38.7. The highest BCUT2D eigenvalue weighted by atomic mass is 16.3. The summed E-state index contributed by atoms with van der Waals surface area (Å²) in [6.45, 7) is 21.4. The summed E-state index contributed by atoms with van der Waals surface area (Å²) in [7, 11) is 0. The van der Waals surface area contributed by atoms with E-state index in [1.807, 2.05) is 0 Å². The summed E-state index contributed by atoms with van der Waals surface area (Å²) >= 11 is 0. The Morgan fingerprint density at radius 1 is 0.578 bits per heavy atom. The average Bonchev–Trinajstić information content (AvgIpc) is 3.91. The number of rotatable bonds is 2. The summed E-state index contributed by atoms with van der Waals surface area (Å²) in [4.78, 5) is 5.52. The Balaban J connectivity index is 1.22. The molecule has 2 aromatic heterocycles. The molecule has 0 N–H and O–H groups in total. The van der Waals surface area contributed by atoms with Gasteiger partial charge in [0, 0.05) is 49.6 Å². The molecule has 4 aliphatic rings. The van der Waals surface area contributed by atoms with Crippen molar-refractivity contribution in [1.29, 1.82) is 0 Å². The minimum absolute atomic E-state index is 0.00348. The van der Waals surface area contributed by atoms with Crippen LogP contribution < -0.4 is 20.6 Å². The Labute approximate surface area is 377 Å². The van der Waals surface area contributed by atoms with Gasteiger partial charge in [0.1, 0.15) is 16.7 Å². The molecule has 13 rings (SSSR count). The number of aryl methyl sites for hydroxylation is 1. The van der Waals surface area contributed by atoms with E-state index in [1.54, 1.807) is 0 Å². The van der Waals surface area contributed by atoms with Crippen LogP contribution in [0.5, 0.6) is 0 Å². The molecule has 9 aromatic rings. The molecule has 3 aliphatic heterocycles. The summed E-state index contributed by atoms with van der Waals surface area (Å²) in [5.74, 6) is 0. The molecule has 1 aliphatic carbocycles. The van der Waals surface area contributed by atoms with Gasteiger partial charge in [-0.2, -0.15) is 0 Å². The molecular formula is C59H55BN2O2. The highest BCUT2D eigenvalue weighted by Gasteiger charge is 2.63. The quantitative estimate of drug-likeness (QED) is 0.162. The van der Waals surface area contributed by atoms with Gasteiger partial charge in [-0.3, -0.25) is 0 Å².